The highest BCUT2D eigenvalue weighted by molar-refractivity contribution is 6.04. The first-order valence-corrected chi connectivity index (χ1v) is 9.59. The van der Waals surface area contributed by atoms with Crippen molar-refractivity contribution >= 4 is 23.2 Å². The van der Waals surface area contributed by atoms with Gasteiger partial charge in [0.25, 0.3) is 0 Å². The predicted molar refractivity (Wildman–Crippen MR) is 110 cm³/mol. The molecule has 142 valence electrons. The van der Waals surface area contributed by atoms with E-state index in [1.807, 2.05) is 55.5 Å². The van der Waals surface area contributed by atoms with E-state index >= 15 is 0 Å². The third-order valence-corrected chi connectivity index (χ3v) is 5.13. The monoisotopic (exact) mass is 364 g/mol. The average molecular weight is 364 g/mol. The molecule has 1 heterocycles. The molecule has 0 aromatic heterocycles. The van der Waals surface area contributed by atoms with Gasteiger partial charge in [0.05, 0.1) is 5.92 Å². The topological polar surface area (TPSA) is 40.6 Å². The number of anilines is 2. The summed E-state index contributed by atoms with van der Waals surface area (Å²) < 4.78 is 0. The van der Waals surface area contributed by atoms with Gasteiger partial charge in [-0.1, -0.05) is 57.2 Å². The van der Waals surface area contributed by atoms with Gasteiger partial charge in [0, 0.05) is 30.9 Å². The normalized spacial score (nSPS) is 17.3. The van der Waals surface area contributed by atoms with Crippen molar-refractivity contribution in [3.63, 3.8) is 0 Å². The zero-order valence-electron chi connectivity index (χ0n) is 16.6. The first-order chi connectivity index (χ1) is 12.8. The Morgan fingerprint density at radius 3 is 2.33 bits per heavy atom. The van der Waals surface area contributed by atoms with Crippen molar-refractivity contribution in [1.82, 2.24) is 0 Å². The summed E-state index contributed by atoms with van der Waals surface area (Å²) in [6, 6.07) is 17.7. The largest absolute Gasteiger partial charge is 0.312 e. The van der Waals surface area contributed by atoms with Gasteiger partial charge in [0.15, 0.2) is 0 Å². The van der Waals surface area contributed by atoms with Crippen LogP contribution in [0, 0.1) is 5.92 Å². The van der Waals surface area contributed by atoms with Crippen molar-refractivity contribution in [3.05, 3.63) is 60.2 Å². The van der Waals surface area contributed by atoms with Crippen LogP contribution in [0.25, 0.3) is 0 Å². The summed E-state index contributed by atoms with van der Waals surface area (Å²) in [5, 5.41) is 0. The van der Waals surface area contributed by atoms with Crippen LogP contribution >= 0.6 is 0 Å². The van der Waals surface area contributed by atoms with E-state index in [1.165, 1.54) is 0 Å². The van der Waals surface area contributed by atoms with Crippen LogP contribution in [0.3, 0.4) is 0 Å². The smallest absolute Gasteiger partial charge is 0.232 e. The SMILES string of the molecule is CCN(C(=O)C1CC(=O)N(c2ccccc2C(C)(C)C)C1)c1ccccc1. The van der Waals surface area contributed by atoms with Crippen LogP contribution in [0.2, 0.25) is 0 Å². The molecule has 1 aliphatic heterocycles. The molecule has 2 amide bonds. The maximum absolute atomic E-state index is 13.1. The summed E-state index contributed by atoms with van der Waals surface area (Å²) in [7, 11) is 0. The van der Waals surface area contributed by atoms with Gasteiger partial charge >= 0.3 is 0 Å². The molecule has 0 N–H and O–H groups in total. The van der Waals surface area contributed by atoms with Gasteiger partial charge in [-0.25, -0.2) is 0 Å². The van der Waals surface area contributed by atoms with Crippen LogP contribution in [0.1, 0.15) is 39.7 Å². The van der Waals surface area contributed by atoms with E-state index in [-0.39, 0.29) is 29.6 Å². The summed E-state index contributed by atoms with van der Waals surface area (Å²) in [4.78, 5) is 29.5. The van der Waals surface area contributed by atoms with Crippen LogP contribution < -0.4 is 9.80 Å². The minimum Gasteiger partial charge on any atom is -0.312 e. The fraction of sp³-hybridized carbons (Fsp3) is 0.391. The molecule has 1 fully saturated rings. The molecule has 2 aromatic rings. The number of rotatable bonds is 4. The molecular formula is C23H28N2O2. The quantitative estimate of drug-likeness (QED) is 0.807. The molecule has 27 heavy (non-hydrogen) atoms. The summed E-state index contributed by atoms with van der Waals surface area (Å²) in [6.45, 7) is 9.42. The number of amides is 2. The molecule has 1 unspecified atom stereocenters. The molecule has 0 bridgehead atoms. The Kier molecular flexibility index (Phi) is 5.36. The maximum atomic E-state index is 13.1. The summed E-state index contributed by atoms with van der Waals surface area (Å²) in [5.74, 6) is -0.271. The first-order valence-electron chi connectivity index (χ1n) is 9.59. The lowest BCUT2D eigenvalue weighted by Gasteiger charge is -2.28. The van der Waals surface area contributed by atoms with Gasteiger partial charge < -0.3 is 9.80 Å². The molecule has 0 radical (unpaired) electrons. The van der Waals surface area contributed by atoms with E-state index in [0.717, 1.165) is 16.9 Å². The minimum atomic E-state index is -0.314. The first kappa shape index (κ1) is 19.2. The standard InChI is InChI=1S/C23H28N2O2/c1-5-24(18-11-7-6-8-12-18)22(27)17-15-21(26)25(16-17)20-14-10-9-13-19(20)23(2,3)4/h6-14,17H,5,15-16H2,1-4H3. The molecule has 0 saturated carbocycles. The van der Waals surface area contributed by atoms with Crippen molar-refractivity contribution < 1.29 is 9.59 Å². The highest BCUT2D eigenvalue weighted by atomic mass is 16.2. The zero-order valence-corrected chi connectivity index (χ0v) is 16.6. The summed E-state index contributed by atoms with van der Waals surface area (Å²) in [6.07, 6.45) is 0.265. The van der Waals surface area contributed by atoms with Gasteiger partial charge in [-0.15, -0.1) is 0 Å². The fourth-order valence-corrected chi connectivity index (χ4v) is 3.74. The van der Waals surface area contributed by atoms with E-state index in [9.17, 15) is 9.59 Å². The zero-order chi connectivity index (χ0) is 19.6. The lowest BCUT2D eigenvalue weighted by Crippen LogP contribution is -2.37. The Hall–Kier alpha value is -2.62. The second-order valence-electron chi connectivity index (χ2n) is 8.09. The second-order valence-corrected chi connectivity index (χ2v) is 8.09. The van der Waals surface area contributed by atoms with Crippen molar-refractivity contribution in [3.8, 4) is 0 Å². The van der Waals surface area contributed by atoms with Crippen LogP contribution in [0.15, 0.2) is 54.6 Å². The number of para-hydroxylation sites is 2. The second kappa shape index (κ2) is 7.55. The number of benzene rings is 2. The van der Waals surface area contributed by atoms with E-state index < -0.39 is 0 Å². The van der Waals surface area contributed by atoms with Crippen molar-refractivity contribution in [2.75, 3.05) is 22.9 Å². The molecule has 1 aliphatic rings. The number of carbonyl (C=O) groups excluding carboxylic acids is 2. The van der Waals surface area contributed by atoms with E-state index in [0.29, 0.717) is 13.1 Å². The summed E-state index contributed by atoms with van der Waals surface area (Å²) in [5.41, 5.74) is 2.86. The van der Waals surface area contributed by atoms with E-state index in [2.05, 4.69) is 26.8 Å². The van der Waals surface area contributed by atoms with Crippen LogP contribution in [-0.4, -0.2) is 24.9 Å². The number of carbonyl (C=O) groups is 2. The highest BCUT2D eigenvalue weighted by Gasteiger charge is 2.38. The van der Waals surface area contributed by atoms with E-state index in [4.69, 9.17) is 0 Å². The summed E-state index contributed by atoms with van der Waals surface area (Å²) >= 11 is 0. The molecule has 0 spiro atoms. The van der Waals surface area contributed by atoms with Crippen LogP contribution in [0.4, 0.5) is 11.4 Å². The van der Waals surface area contributed by atoms with Crippen LogP contribution in [0.5, 0.6) is 0 Å². The molecule has 4 heteroatoms. The molecule has 1 saturated heterocycles. The molecule has 3 rings (SSSR count). The maximum Gasteiger partial charge on any atom is 0.232 e. The third-order valence-electron chi connectivity index (χ3n) is 5.13. The molecule has 4 nitrogen and oxygen atoms in total. The van der Waals surface area contributed by atoms with Crippen LogP contribution in [-0.2, 0) is 15.0 Å². The number of hydrogen-bond donors (Lipinski definition) is 0. The fourth-order valence-electron chi connectivity index (χ4n) is 3.74. The van der Waals surface area contributed by atoms with Gasteiger partial charge in [0.2, 0.25) is 11.8 Å². The Labute approximate surface area is 161 Å². The number of nitrogens with zero attached hydrogens (tertiary/aromatic N) is 2. The van der Waals surface area contributed by atoms with E-state index in [1.54, 1.807) is 9.80 Å². The lowest BCUT2D eigenvalue weighted by molar-refractivity contribution is -0.124. The molecule has 0 aliphatic carbocycles. The predicted octanol–water partition coefficient (Wildman–Crippen LogP) is 4.39. The average Bonchev–Trinajstić information content (AvgIpc) is 3.04. The molecule has 1 atom stereocenters. The Bertz CT molecular complexity index is 824. The van der Waals surface area contributed by atoms with Crippen molar-refractivity contribution in [2.45, 2.75) is 39.5 Å². The van der Waals surface area contributed by atoms with Crippen molar-refractivity contribution in [1.29, 1.82) is 0 Å². The molecule has 2 aromatic carbocycles. The Morgan fingerprint density at radius 1 is 1.07 bits per heavy atom. The highest BCUT2D eigenvalue weighted by Crippen LogP contribution is 2.35. The van der Waals surface area contributed by atoms with Gasteiger partial charge in [-0.05, 0) is 36.1 Å². The lowest BCUT2D eigenvalue weighted by atomic mass is 9.85. The Morgan fingerprint density at radius 2 is 1.70 bits per heavy atom. The van der Waals surface area contributed by atoms with Gasteiger partial charge in [-0.2, -0.15) is 0 Å². The Balaban J connectivity index is 1.85. The third kappa shape index (κ3) is 3.90. The van der Waals surface area contributed by atoms with Gasteiger partial charge in [0.1, 0.15) is 0 Å². The van der Waals surface area contributed by atoms with Crippen molar-refractivity contribution in [2.24, 2.45) is 5.92 Å². The number of hydrogen-bond acceptors (Lipinski definition) is 2. The molecular weight excluding hydrogens is 336 g/mol. The van der Waals surface area contributed by atoms with Gasteiger partial charge in [-0.3, -0.25) is 9.59 Å². The minimum absolute atomic E-state index is 0.0211.